The number of hydrogen-bond donors (Lipinski definition) is 10. The van der Waals surface area contributed by atoms with Gasteiger partial charge in [0, 0.05) is 0 Å². The first kappa shape index (κ1) is 28.9. The van der Waals surface area contributed by atoms with Crippen LogP contribution in [0.1, 0.15) is 38.0 Å². The molecule has 1 atom stereocenters. The molecule has 0 aliphatic carbocycles. The van der Waals surface area contributed by atoms with Crippen molar-refractivity contribution in [2.24, 2.45) is 5.41 Å². The third-order valence-electron chi connectivity index (χ3n) is 3.59. The summed E-state index contributed by atoms with van der Waals surface area (Å²) < 4.78 is 0. The fraction of sp³-hybridized carbons (Fsp3) is 0.600. The smallest absolute Gasteiger partial charge is 0.324 e. The van der Waals surface area contributed by atoms with Crippen molar-refractivity contribution < 1.29 is 49.8 Å². The zero-order valence-corrected chi connectivity index (χ0v) is 17.2. The molecule has 0 amide bonds. The summed E-state index contributed by atoms with van der Waals surface area (Å²) in [7, 11) is -5.24. The van der Waals surface area contributed by atoms with Crippen molar-refractivity contribution >= 4 is 17.2 Å². The lowest BCUT2D eigenvalue weighted by molar-refractivity contribution is -0.0857. The Kier molecular flexibility index (Phi) is 14.8. The van der Waals surface area contributed by atoms with Crippen molar-refractivity contribution in [3.05, 3.63) is 35.4 Å². The molecule has 0 spiro atoms. The van der Waals surface area contributed by atoms with E-state index in [1.807, 2.05) is 32.9 Å². The van der Waals surface area contributed by atoms with Gasteiger partial charge in [0.1, 0.15) is 0 Å². The normalized spacial score (nSPS) is 12.9. The number of benzene rings is 1. The van der Waals surface area contributed by atoms with Crippen LogP contribution in [0.4, 0.5) is 0 Å². The molecule has 1 aromatic rings. The van der Waals surface area contributed by atoms with E-state index in [2.05, 4.69) is 0 Å². The highest BCUT2D eigenvalue weighted by atomic mass is 31.2. The van der Waals surface area contributed by atoms with Gasteiger partial charge in [-0.25, -0.2) is 0 Å². The number of rotatable bonds is 5. The standard InChI is InChI=1S/C15H24O4.2H3O3P/c1-14(2,3)12-7-5-4-6-11(12)13(19)15(8-16,9-17)10-18;2*1-4(2)3/h4-7,13,16-19H,8-10H2,1-3H3;2*1-3H. The van der Waals surface area contributed by atoms with E-state index in [0.29, 0.717) is 5.56 Å². The molecule has 1 aromatic carbocycles. The van der Waals surface area contributed by atoms with Crippen LogP contribution < -0.4 is 0 Å². The van der Waals surface area contributed by atoms with Crippen molar-refractivity contribution in [3.63, 3.8) is 0 Å². The maximum absolute atomic E-state index is 10.5. The van der Waals surface area contributed by atoms with E-state index < -0.39 is 48.5 Å². The Hall–Kier alpha value is -0.320. The summed E-state index contributed by atoms with van der Waals surface area (Å²) in [6.07, 6.45) is -1.12. The lowest BCUT2D eigenvalue weighted by Crippen LogP contribution is -2.41. The van der Waals surface area contributed by atoms with Gasteiger partial charge in [0.25, 0.3) is 0 Å². The quantitative estimate of drug-likeness (QED) is 0.267. The van der Waals surface area contributed by atoms with Gasteiger partial charge in [-0.2, -0.15) is 0 Å². The molecule has 1 unspecified atom stereocenters. The topological polar surface area (TPSA) is 202 Å². The van der Waals surface area contributed by atoms with Gasteiger partial charge < -0.3 is 49.8 Å². The molecular weight excluding hydrogens is 402 g/mol. The van der Waals surface area contributed by atoms with Crippen molar-refractivity contribution in [3.8, 4) is 0 Å². The zero-order valence-electron chi connectivity index (χ0n) is 15.4. The minimum absolute atomic E-state index is 0.177. The number of aliphatic hydroxyl groups is 4. The van der Waals surface area contributed by atoms with Gasteiger partial charge in [-0.3, -0.25) is 0 Å². The molecule has 0 aliphatic rings. The molecular formula is C15H30O10P2. The predicted octanol–water partition coefficient (Wildman–Crippen LogP) is -0.639. The Morgan fingerprint density at radius 1 is 0.778 bits per heavy atom. The Labute approximate surface area is 160 Å². The average Bonchev–Trinajstić information content (AvgIpc) is 2.55. The van der Waals surface area contributed by atoms with E-state index in [1.54, 1.807) is 12.1 Å². The summed E-state index contributed by atoms with van der Waals surface area (Å²) in [5.41, 5.74) is 0.0553. The van der Waals surface area contributed by atoms with Crippen LogP contribution in [0.2, 0.25) is 0 Å². The van der Waals surface area contributed by atoms with Crippen LogP contribution in [-0.2, 0) is 5.41 Å². The second-order valence-corrected chi connectivity index (χ2v) is 7.69. The van der Waals surface area contributed by atoms with Gasteiger partial charge in [0.2, 0.25) is 0 Å². The summed E-state index contributed by atoms with van der Waals surface area (Å²) in [5, 5.41) is 38.8. The second kappa shape index (κ2) is 13.8. The molecule has 160 valence electrons. The molecule has 10 nitrogen and oxygen atoms in total. The maximum Gasteiger partial charge on any atom is 0.324 e. The van der Waals surface area contributed by atoms with Gasteiger partial charge in [-0.05, 0) is 16.5 Å². The van der Waals surface area contributed by atoms with Gasteiger partial charge in [-0.15, -0.1) is 0 Å². The molecule has 0 heterocycles. The molecule has 0 radical (unpaired) electrons. The summed E-state index contributed by atoms with van der Waals surface area (Å²) in [6.45, 7) is 4.62. The van der Waals surface area contributed by atoms with Crippen molar-refractivity contribution in [2.75, 3.05) is 19.8 Å². The highest BCUT2D eigenvalue weighted by Gasteiger charge is 2.39. The lowest BCUT2D eigenvalue weighted by atomic mass is 9.75. The summed E-state index contributed by atoms with van der Waals surface area (Å²) in [4.78, 5) is 43.4. The molecule has 0 aliphatic heterocycles. The third kappa shape index (κ3) is 11.3. The monoisotopic (exact) mass is 432 g/mol. The first-order valence-electron chi connectivity index (χ1n) is 7.62. The van der Waals surface area contributed by atoms with Crippen molar-refractivity contribution in [1.82, 2.24) is 0 Å². The lowest BCUT2D eigenvalue weighted by Gasteiger charge is -2.35. The third-order valence-corrected chi connectivity index (χ3v) is 3.59. The Balaban J connectivity index is 0. The first-order chi connectivity index (χ1) is 12.3. The van der Waals surface area contributed by atoms with Gasteiger partial charge in [0.05, 0.1) is 31.3 Å². The molecule has 27 heavy (non-hydrogen) atoms. The Morgan fingerprint density at radius 2 is 1.11 bits per heavy atom. The Bertz CT molecular complexity index is 484. The second-order valence-electron chi connectivity index (χ2n) is 6.61. The van der Waals surface area contributed by atoms with Gasteiger partial charge in [0.15, 0.2) is 0 Å². The van der Waals surface area contributed by atoms with Crippen molar-refractivity contribution in [2.45, 2.75) is 32.3 Å². The van der Waals surface area contributed by atoms with Crippen LogP contribution in [0.3, 0.4) is 0 Å². The molecule has 0 saturated carbocycles. The zero-order chi connectivity index (χ0) is 21.8. The molecule has 0 saturated heterocycles. The first-order valence-corrected chi connectivity index (χ1v) is 10.0. The average molecular weight is 432 g/mol. The summed E-state index contributed by atoms with van der Waals surface area (Å²) >= 11 is 0. The molecule has 0 aromatic heterocycles. The molecule has 12 heteroatoms. The predicted molar refractivity (Wildman–Crippen MR) is 101 cm³/mol. The van der Waals surface area contributed by atoms with Crippen molar-refractivity contribution in [1.29, 1.82) is 0 Å². The van der Waals surface area contributed by atoms with Crippen LogP contribution in [0.5, 0.6) is 0 Å². The van der Waals surface area contributed by atoms with E-state index in [4.69, 9.17) is 29.4 Å². The van der Waals surface area contributed by atoms with Gasteiger partial charge in [-0.1, -0.05) is 45.0 Å². The minimum Gasteiger partial charge on any atom is -0.395 e. The Morgan fingerprint density at radius 3 is 1.41 bits per heavy atom. The summed E-state index contributed by atoms with van der Waals surface area (Å²) in [5.74, 6) is 0. The van der Waals surface area contributed by atoms with E-state index in [1.165, 1.54) is 0 Å². The van der Waals surface area contributed by atoms with Crippen LogP contribution in [0, 0.1) is 5.41 Å². The van der Waals surface area contributed by atoms with Crippen LogP contribution in [0.25, 0.3) is 0 Å². The summed E-state index contributed by atoms with van der Waals surface area (Å²) in [6, 6.07) is 7.36. The van der Waals surface area contributed by atoms with Crippen LogP contribution in [-0.4, -0.2) is 69.6 Å². The van der Waals surface area contributed by atoms with Crippen LogP contribution in [0.15, 0.2) is 24.3 Å². The van der Waals surface area contributed by atoms with Crippen LogP contribution >= 0.6 is 17.2 Å². The molecule has 0 fully saturated rings. The fourth-order valence-electron chi connectivity index (χ4n) is 2.16. The SMILES string of the molecule is CC(C)(C)c1ccccc1C(O)C(CO)(CO)CO.OP(O)O.OP(O)O. The molecule has 1 rings (SSSR count). The van der Waals surface area contributed by atoms with E-state index in [9.17, 15) is 20.4 Å². The largest absolute Gasteiger partial charge is 0.395 e. The molecule has 10 N–H and O–H groups in total. The van der Waals surface area contributed by atoms with E-state index >= 15 is 0 Å². The van der Waals surface area contributed by atoms with Gasteiger partial charge >= 0.3 is 17.2 Å². The highest BCUT2D eigenvalue weighted by molar-refractivity contribution is 7.38. The minimum atomic E-state index is -2.62. The maximum atomic E-state index is 10.5. The number of aliphatic hydroxyl groups excluding tert-OH is 4. The van der Waals surface area contributed by atoms with E-state index in [0.717, 1.165) is 5.56 Å². The highest BCUT2D eigenvalue weighted by Crippen LogP contribution is 2.38. The number of hydrogen-bond acceptors (Lipinski definition) is 10. The van der Waals surface area contributed by atoms with E-state index in [-0.39, 0.29) is 5.41 Å². The fourth-order valence-corrected chi connectivity index (χ4v) is 2.16. The molecule has 0 bridgehead atoms.